The lowest BCUT2D eigenvalue weighted by Gasteiger charge is -2.26. The molecule has 2 aromatic heterocycles. The number of aromatic amines is 1. The van der Waals surface area contributed by atoms with Crippen molar-refractivity contribution in [1.29, 1.82) is 0 Å². The molecule has 3 rings (SSSR count). The number of hydrogen-bond acceptors (Lipinski definition) is 6. The largest absolute Gasteiger partial charge is 0.460 e. The number of hydrogen-bond donors (Lipinski definition) is 3. The van der Waals surface area contributed by atoms with Gasteiger partial charge in [-0.15, -0.1) is 0 Å². The molecule has 1 aliphatic heterocycles. The van der Waals surface area contributed by atoms with Crippen LogP contribution in [0.25, 0.3) is 11.0 Å². The van der Waals surface area contributed by atoms with Crippen molar-refractivity contribution in [2.75, 3.05) is 38.7 Å². The van der Waals surface area contributed by atoms with Gasteiger partial charge in [0.1, 0.15) is 17.8 Å². The Morgan fingerprint density at radius 3 is 3.17 bits per heavy atom. The molecule has 2 aromatic rings. The number of nitrogens with zero attached hydrogens (tertiary/aromatic N) is 1. The van der Waals surface area contributed by atoms with Gasteiger partial charge in [-0.3, -0.25) is 0 Å². The standard InChI is InChI=1S/C16H22N4O3/c1-22-7-8-23-16(21)13-10-19-15-12(4-6-18-15)14(13)20-11-3-2-5-17-9-11/h4,6,10-11,17H,2-3,5,7-9H2,1H3,(H2,18,19,20)/t11-/m1/s1. The van der Waals surface area contributed by atoms with Crippen molar-refractivity contribution in [2.45, 2.75) is 18.9 Å². The molecule has 0 radical (unpaired) electrons. The molecule has 23 heavy (non-hydrogen) atoms. The smallest absolute Gasteiger partial charge is 0.341 e. The van der Waals surface area contributed by atoms with Crippen LogP contribution < -0.4 is 10.6 Å². The summed E-state index contributed by atoms with van der Waals surface area (Å²) in [5.74, 6) is -0.385. The first-order valence-electron chi connectivity index (χ1n) is 7.89. The Morgan fingerprint density at radius 1 is 1.48 bits per heavy atom. The van der Waals surface area contributed by atoms with E-state index in [-0.39, 0.29) is 18.6 Å². The molecule has 1 fully saturated rings. The summed E-state index contributed by atoms with van der Waals surface area (Å²) >= 11 is 0. The van der Waals surface area contributed by atoms with E-state index in [0.29, 0.717) is 12.2 Å². The maximum atomic E-state index is 12.4. The SMILES string of the molecule is COCCOC(=O)c1cnc2[nH]ccc2c1N[C@@H]1CCCNC1. The van der Waals surface area contributed by atoms with Crippen LogP contribution in [0.4, 0.5) is 5.69 Å². The number of ether oxygens (including phenoxy) is 2. The molecule has 0 saturated carbocycles. The van der Waals surface area contributed by atoms with Gasteiger partial charge in [-0.1, -0.05) is 0 Å². The Balaban J connectivity index is 1.86. The Bertz CT molecular complexity index is 664. The number of nitrogens with one attached hydrogen (secondary N) is 3. The summed E-state index contributed by atoms with van der Waals surface area (Å²) in [6, 6.07) is 2.21. The van der Waals surface area contributed by atoms with E-state index < -0.39 is 0 Å². The number of methoxy groups -OCH3 is 1. The van der Waals surface area contributed by atoms with E-state index in [2.05, 4.69) is 20.6 Å². The third-order valence-electron chi connectivity index (χ3n) is 3.97. The predicted octanol–water partition coefficient (Wildman–Crippen LogP) is 1.53. The number of esters is 1. The van der Waals surface area contributed by atoms with Crippen LogP contribution in [0, 0.1) is 0 Å². The lowest BCUT2D eigenvalue weighted by molar-refractivity contribution is 0.0389. The Kier molecular flexibility index (Phi) is 5.09. The number of carbonyl (C=O) groups excluding carboxylic acids is 1. The monoisotopic (exact) mass is 318 g/mol. The highest BCUT2D eigenvalue weighted by atomic mass is 16.6. The van der Waals surface area contributed by atoms with Crippen molar-refractivity contribution < 1.29 is 14.3 Å². The fraction of sp³-hybridized carbons (Fsp3) is 0.500. The minimum absolute atomic E-state index is 0.227. The van der Waals surface area contributed by atoms with Crippen LogP contribution in [0.5, 0.6) is 0 Å². The zero-order valence-electron chi connectivity index (χ0n) is 13.2. The van der Waals surface area contributed by atoms with Crippen molar-refractivity contribution >= 4 is 22.7 Å². The van der Waals surface area contributed by atoms with Crippen molar-refractivity contribution in [1.82, 2.24) is 15.3 Å². The minimum Gasteiger partial charge on any atom is -0.460 e. The van der Waals surface area contributed by atoms with Gasteiger partial charge in [-0.25, -0.2) is 9.78 Å². The Hall–Kier alpha value is -2.12. The fourth-order valence-corrected chi connectivity index (χ4v) is 2.79. The van der Waals surface area contributed by atoms with Crippen molar-refractivity contribution in [2.24, 2.45) is 0 Å². The normalized spacial score (nSPS) is 18.0. The number of pyridine rings is 1. The molecule has 7 heteroatoms. The summed E-state index contributed by atoms with van der Waals surface area (Å²) in [5, 5.41) is 7.76. The summed E-state index contributed by atoms with van der Waals surface area (Å²) in [6.07, 6.45) is 5.57. The first-order valence-corrected chi connectivity index (χ1v) is 7.89. The van der Waals surface area contributed by atoms with E-state index in [1.54, 1.807) is 13.3 Å². The van der Waals surface area contributed by atoms with Gasteiger partial charge in [0.05, 0.1) is 12.3 Å². The number of carbonyl (C=O) groups is 1. The molecule has 124 valence electrons. The fourth-order valence-electron chi connectivity index (χ4n) is 2.79. The molecule has 0 spiro atoms. The molecule has 3 heterocycles. The maximum Gasteiger partial charge on any atom is 0.341 e. The van der Waals surface area contributed by atoms with Gasteiger partial charge >= 0.3 is 5.97 Å². The molecule has 0 aliphatic carbocycles. The third-order valence-corrected chi connectivity index (χ3v) is 3.97. The van der Waals surface area contributed by atoms with Crippen molar-refractivity contribution in [3.63, 3.8) is 0 Å². The number of aromatic nitrogens is 2. The van der Waals surface area contributed by atoms with Crippen LogP contribution in [-0.2, 0) is 9.47 Å². The molecule has 0 aromatic carbocycles. The lowest BCUT2D eigenvalue weighted by Crippen LogP contribution is -2.38. The van der Waals surface area contributed by atoms with Gasteiger partial charge in [0.25, 0.3) is 0 Å². The first kappa shape index (κ1) is 15.8. The quantitative estimate of drug-likeness (QED) is 0.553. The molecule has 3 N–H and O–H groups in total. The molecule has 1 atom stereocenters. The zero-order valence-corrected chi connectivity index (χ0v) is 13.2. The Morgan fingerprint density at radius 2 is 2.39 bits per heavy atom. The predicted molar refractivity (Wildman–Crippen MR) is 87.8 cm³/mol. The number of rotatable bonds is 6. The zero-order chi connectivity index (χ0) is 16.1. The van der Waals surface area contributed by atoms with Gasteiger partial charge in [0, 0.05) is 37.5 Å². The van der Waals surface area contributed by atoms with E-state index >= 15 is 0 Å². The number of anilines is 1. The molecule has 1 aliphatic rings. The van der Waals surface area contributed by atoms with Crippen LogP contribution in [0.3, 0.4) is 0 Å². The number of H-pyrrole nitrogens is 1. The molecule has 0 amide bonds. The summed E-state index contributed by atoms with van der Waals surface area (Å²) in [5.41, 5.74) is 2.00. The van der Waals surface area contributed by atoms with Gasteiger partial charge in [0.2, 0.25) is 0 Å². The second-order valence-corrected chi connectivity index (χ2v) is 5.60. The summed E-state index contributed by atoms with van der Waals surface area (Å²) in [7, 11) is 1.57. The summed E-state index contributed by atoms with van der Waals surface area (Å²) < 4.78 is 10.2. The molecule has 1 saturated heterocycles. The van der Waals surface area contributed by atoms with E-state index in [1.165, 1.54) is 0 Å². The third kappa shape index (κ3) is 3.62. The first-order chi connectivity index (χ1) is 11.3. The highest BCUT2D eigenvalue weighted by Crippen LogP contribution is 2.27. The summed E-state index contributed by atoms with van der Waals surface area (Å²) in [4.78, 5) is 19.7. The molecule has 0 bridgehead atoms. The number of fused-ring (bicyclic) bond motifs is 1. The Labute approximate surface area is 134 Å². The minimum atomic E-state index is -0.385. The van der Waals surface area contributed by atoms with E-state index in [0.717, 1.165) is 42.7 Å². The van der Waals surface area contributed by atoms with Gasteiger partial charge in [0.15, 0.2) is 0 Å². The molecule has 0 unspecified atom stereocenters. The van der Waals surface area contributed by atoms with Crippen LogP contribution in [0.2, 0.25) is 0 Å². The van der Waals surface area contributed by atoms with Gasteiger partial charge < -0.3 is 25.1 Å². The van der Waals surface area contributed by atoms with Crippen LogP contribution in [0.1, 0.15) is 23.2 Å². The topological polar surface area (TPSA) is 88.3 Å². The van der Waals surface area contributed by atoms with Crippen LogP contribution >= 0.6 is 0 Å². The molecular weight excluding hydrogens is 296 g/mol. The highest BCUT2D eigenvalue weighted by molar-refractivity contribution is 6.04. The molecule has 7 nitrogen and oxygen atoms in total. The lowest BCUT2D eigenvalue weighted by atomic mass is 10.1. The van der Waals surface area contributed by atoms with Crippen LogP contribution in [-0.4, -0.2) is 55.4 Å². The van der Waals surface area contributed by atoms with Crippen molar-refractivity contribution in [3.05, 3.63) is 24.0 Å². The van der Waals surface area contributed by atoms with Gasteiger partial charge in [-0.05, 0) is 25.5 Å². The highest BCUT2D eigenvalue weighted by Gasteiger charge is 2.21. The number of piperidine rings is 1. The second kappa shape index (κ2) is 7.43. The van der Waals surface area contributed by atoms with E-state index in [1.807, 2.05) is 12.3 Å². The van der Waals surface area contributed by atoms with E-state index in [9.17, 15) is 4.79 Å². The average Bonchev–Trinajstić information content (AvgIpc) is 3.05. The van der Waals surface area contributed by atoms with Crippen LogP contribution in [0.15, 0.2) is 18.5 Å². The summed E-state index contributed by atoms with van der Waals surface area (Å²) in [6.45, 7) is 2.53. The van der Waals surface area contributed by atoms with Crippen molar-refractivity contribution in [3.8, 4) is 0 Å². The molecular formula is C16H22N4O3. The van der Waals surface area contributed by atoms with Gasteiger partial charge in [-0.2, -0.15) is 0 Å². The second-order valence-electron chi connectivity index (χ2n) is 5.60. The maximum absolute atomic E-state index is 12.4. The average molecular weight is 318 g/mol. The van der Waals surface area contributed by atoms with E-state index in [4.69, 9.17) is 9.47 Å².